The molecule has 0 aliphatic carbocycles. The number of hydrogen-bond acceptors (Lipinski definition) is 2. The second kappa shape index (κ2) is 6.90. The van der Waals surface area contributed by atoms with E-state index in [1.807, 2.05) is 43.3 Å². The average molecular weight is 399 g/mol. The first kappa shape index (κ1) is 15.1. The molecule has 104 valence electrons. The molecule has 1 N–H and O–H groups in total. The third-order valence-corrected chi connectivity index (χ3v) is 3.70. The fraction of sp³-hybridized carbons (Fsp3) is 0.133. The fourth-order valence-corrected chi connectivity index (χ4v) is 2.73. The van der Waals surface area contributed by atoms with E-state index < -0.39 is 0 Å². The summed E-state index contributed by atoms with van der Waals surface area (Å²) in [6.45, 7) is 1.97. The van der Waals surface area contributed by atoms with Gasteiger partial charge in [0.15, 0.2) is 6.61 Å². The minimum atomic E-state index is -0.191. The summed E-state index contributed by atoms with van der Waals surface area (Å²) >= 11 is 6.75. The molecule has 0 aromatic heterocycles. The number of carbonyl (C=O) groups is 1. The van der Waals surface area contributed by atoms with E-state index >= 15 is 0 Å². The van der Waals surface area contributed by atoms with E-state index in [1.165, 1.54) is 0 Å². The molecule has 0 saturated heterocycles. The van der Waals surface area contributed by atoms with Gasteiger partial charge in [-0.25, -0.2) is 0 Å². The summed E-state index contributed by atoms with van der Waals surface area (Å²) in [4.78, 5) is 11.8. The molecule has 0 atom stereocenters. The Balaban J connectivity index is 1.90. The highest BCUT2D eigenvalue weighted by Crippen LogP contribution is 2.28. The third-order valence-electron chi connectivity index (χ3n) is 2.59. The first-order valence-electron chi connectivity index (χ1n) is 5.99. The van der Waals surface area contributed by atoms with Crippen LogP contribution in [0, 0.1) is 6.92 Å². The second-order valence-electron chi connectivity index (χ2n) is 4.28. The Kier molecular flexibility index (Phi) is 5.20. The number of benzene rings is 2. The highest BCUT2D eigenvalue weighted by Gasteiger charge is 2.06. The molecule has 0 saturated carbocycles. The van der Waals surface area contributed by atoms with E-state index in [1.54, 1.807) is 6.07 Å². The summed E-state index contributed by atoms with van der Waals surface area (Å²) in [6, 6.07) is 13.1. The molecule has 0 fully saturated rings. The van der Waals surface area contributed by atoms with Crippen LogP contribution in [-0.2, 0) is 4.79 Å². The van der Waals surface area contributed by atoms with Crippen LogP contribution in [0.1, 0.15) is 5.56 Å². The van der Waals surface area contributed by atoms with Crippen molar-refractivity contribution in [1.29, 1.82) is 0 Å². The van der Waals surface area contributed by atoms with Crippen LogP contribution in [0.25, 0.3) is 0 Å². The summed E-state index contributed by atoms with van der Waals surface area (Å²) in [5.74, 6) is 0.441. The molecule has 3 nitrogen and oxygen atoms in total. The van der Waals surface area contributed by atoms with Gasteiger partial charge in [-0.1, -0.05) is 33.6 Å². The topological polar surface area (TPSA) is 38.3 Å². The summed E-state index contributed by atoms with van der Waals surface area (Å²) in [5, 5.41) is 2.78. The van der Waals surface area contributed by atoms with Gasteiger partial charge in [-0.3, -0.25) is 4.79 Å². The Bertz CT molecular complexity index is 612. The first-order valence-corrected chi connectivity index (χ1v) is 7.57. The van der Waals surface area contributed by atoms with Crippen LogP contribution < -0.4 is 10.1 Å². The van der Waals surface area contributed by atoms with E-state index in [2.05, 4.69) is 37.2 Å². The molecule has 2 rings (SSSR count). The van der Waals surface area contributed by atoms with Crippen molar-refractivity contribution in [2.75, 3.05) is 11.9 Å². The molecule has 1 amide bonds. The smallest absolute Gasteiger partial charge is 0.262 e. The number of hydrogen-bond donors (Lipinski definition) is 1. The number of rotatable bonds is 4. The van der Waals surface area contributed by atoms with Gasteiger partial charge in [0, 0.05) is 10.2 Å². The Morgan fingerprint density at radius 3 is 2.50 bits per heavy atom. The molecule has 0 bridgehead atoms. The fourth-order valence-electron chi connectivity index (χ4n) is 1.57. The van der Waals surface area contributed by atoms with Crippen LogP contribution in [0.2, 0.25) is 0 Å². The van der Waals surface area contributed by atoms with E-state index in [0.717, 1.165) is 20.2 Å². The summed E-state index contributed by atoms with van der Waals surface area (Å²) < 4.78 is 7.22. The van der Waals surface area contributed by atoms with Gasteiger partial charge in [0.05, 0.1) is 4.47 Å². The number of ether oxygens (including phenoxy) is 1. The number of carbonyl (C=O) groups excluding carboxylic acids is 1. The molecular weight excluding hydrogens is 386 g/mol. The number of nitrogens with one attached hydrogen (secondary N) is 1. The molecule has 0 aliphatic heterocycles. The lowest BCUT2D eigenvalue weighted by Gasteiger charge is -2.09. The number of halogens is 2. The van der Waals surface area contributed by atoms with Crippen molar-refractivity contribution in [3.63, 3.8) is 0 Å². The molecule has 0 aliphatic rings. The zero-order valence-electron chi connectivity index (χ0n) is 10.8. The Morgan fingerprint density at radius 2 is 1.85 bits per heavy atom. The van der Waals surface area contributed by atoms with Crippen LogP contribution in [0.15, 0.2) is 51.4 Å². The number of anilines is 1. The van der Waals surface area contributed by atoms with Gasteiger partial charge in [-0.15, -0.1) is 0 Å². The van der Waals surface area contributed by atoms with Crippen molar-refractivity contribution in [2.45, 2.75) is 6.92 Å². The summed E-state index contributed by atoms with van der Waals surface area (Å²) in [7, 11) is 0. The maximum Gasteiger partial charge on any atom is 0.262 e. The molecule has 0 spiro atoms. The van der Waals surface area contributed by atoms with Crippen LogP contribution >= 0.6 is 31.9 Å². The molecule has 0 unspecified atom stereocenters. The molecule has 20 heavy (non-hydrogen) atoms. The normalized spacial score (nSPS) is 10.2. The maximum atomic E-state index is 11.8. The van der Waals surface area contributed by atoms with Gasteiger partial charge < -0.3 is 10.1 Å². The van der Waals surface area contributed by atoms with E-state index in [9.17, 15) is 4.79 Å². The highest BCUT2D eigenvalue weighted by atomic mass is 79.9. The van der Waals surface area contributed by atoms with Gasteiger partial charge >= 0.3 is 0 Å². The quantitative estimate of drug-likeness (QED) is 0.821. The van der Waals surface area contributed by atoms with Crippen molar-refractivity contribution in [3.05, 3.63) is 57.0 Å². The van der Waals surface area contributed by atoms with Gasteiger partial charge in [0.1, 0.15) is 5.75 Å². The summed E-state index contributed by atoms with van der Waals surface area (Å²) in [6.07, 6.45) is 0. The Labute approximate surface area is 134 Å². The molecule has 2 aromatic rings. The van der Waals surface area contributed by atoms with Crippen molar-refractivity contribution < 1.29 is 9.53 Å². The monoisotopic (exact) mass is 397 g/mol. The zero-order valence-corrected chi connectivity index (χ0v) is 14.0. The van der Waals surface area contributed by atoms with Crippen molar-refractivity contribution >= 4 is 43.5 Å². The lowest BCUT2D eigenvalue weighted by atomic mass is 10.2. The van der Waals surface area contributed by atoms with Crippen LogP contribution in [0.5, 0.6) is 5.75 Å². The van der Waals surface area contributed by atoms with Crippen LogP contribution in [-0.4, -0.2) is 12.5 Å². The predicted octanol–water partition coefficient (Wildman–Crippen LogP) is 4.54. The molecular formula is C15H13Br2NO2. The lowest BCUT2D eigenvalue weighted by molar-refractivity contribution is -0.118. The van der Waals surface area contributed by atoms with Gasteiger partial charge in [-0.2, -0.15) is 0 Å². The second-order valence-corrected chi connectivity index (χ2v) is 6.05. The third kappa shape index (κ3) is 4.35. The van der Waals surface area contributed by atoms with E-state index in [4.69, 9.17) is 4.74 Å². The number of amides is 1. The van der Waals surface area contributed by atoms with Crippen molar-refractivity contribution in [3.8, 4) is 5.75 Å². The molecule has 2 aromatic carbocycles. The number of aryl methyl sites for hydroxylation is 1. The minimum Gasteiger partial charge on any atom is -0.483 e. The van der Waals surface area contributed by atoms with Crippen LogP contribution in [0.3, 0.4) is 0 Å². The largest absolute Gasteiger partial charge is 0.483 e. The van der Waals surface area contributed by atoms with Crippen molar-refractivity contribution in [2.24, 2.45) is 0 Å². The van der Waals surface area contributed by atoms with Crippen molar-refractivity contribution in [1.82, 2.24) is 0 Å². The lowest BCUT2D eigenvalue weighted by Crippen LogP contribution is -2.20. The maximum absolute atomic E-state index is 11.8. The standard InChI is InChI=1S/C15H13Br2NO2/c1-10-2-5-12(6-3-10)18-15(19)9-20-14-7-4-11(16)8-13(14)17/h2-8H,9H2,1H3,(H,18,19). The van der Waals surface area contributed by atoms with Gasteiger partial charge in [-0.05, 0) is 53.2 Å². The Morgan fingerprint density at radius 1 is 1.15 bits per heavy atom. The zero-order chi connectivity index (χ0) is 14.5. The van der Waals surface area contributed by atoms with E-state index in [0.29, 0.717) is 5.75 Å². The predicted molar refractivity (Wildman–Crippen MR) is 87.1 cm³/mol. The average Bonchev–Trinajstić information content (AvgIpc) is 2.40. The Hall–Kier alpha value is -1.33. The van der Waals surface area contributed by atoms with Crippen LogP contribution in [0.4, 0.5) is 5.69 Å². The minimum absolute atomic E-state index is 0.0336. The van der Waals surface area contributed by atoms with E-state index in [-0.39, 0.29) is 12.5 Å². The highest BCUT2D eigenvalue weighted by molar-refractivity contribution is 9.11. The first-order chi connectivity index (χ1) is 9.54. The molecule has 0 heterocycles. The van der Waals surface area contributed by atoms with Gasteiger partial charge in [0.25, 0.3) is 5.91 Å². The molecule has 5 heteroatoms. The molecule has 0 radical (unpaired) electrons. The SMILES string of the molecule is Cc1ccc(NC(=O)COc2ccc(Br)cc2Br)cc1. The van der Waals surface area contributed by atoms with Gasteiger partial charge in [0.2, 0.25) is 0 Å². The summed E-state index contributed by atoms with van der Waals surface area (Å²) in [5.41, 5.74) is 1.91.